The lowest BCUT2D eigenvalue weighted by Gasteiger charge is -2.04. The molecular weight excluding hydrogens is 280 g/mol. The molecule has 0 bridgehead atoms. The Labute approximate surface area is 109 Å². The maximum absolute atomic E-state index is 12.3. The molecule has 1 aromatic heterocycles. The van der Waals surface area contributed by atoms with E-state index in [1.807, 2.05) is 0 Å². The first-order valence-electron chi connectivity index (χ1n) is 4.66. The van der Waals surface area contributed by atoms with Gasteiger partial charge in [0.1, 0.15) is 0 Å². The number of hydrogen-bond donors (Lipinski definition) is 0. The van der Waals surface area contributed by atoms with Crippen LogP contribution in [0.2, 0.25) is 5.15 Å². The third-order valence-corrected chi connectivity index (χ3v) is 4.78. The van der Waals surface area contributed by atoms with Crippen molar-refractivity contribution in [3.8, 4) is 0 Å². The lowest BCUT2D eigenvalue weighted by atomic mass is 10.4. The molecule has 0 N–H and O–H groups in total. The largest absolute Gasteiger partial charge is 0.224 e. The molecule has 0 spiro atoms. The topological polar surface area (TPSA) is 52.0 Å². The zero-order chi connectivity index (χ0) is 12.5. The van der Waals surface area contributed by atoms with E-state index >= 15 is 0 Å². The number of benzene rings is 1. The SMILES string of the molecule is CSn1nc(Cl)cc1S(=O)(=O)c1ccccc1. The van der Waals surface area contributed by atoms with Crippen LogP contribution in [-0.2, 0) is 9.84 Å². The Bertz CT molecular complexity index is 623. The Balaban J connectivity index is 2.60. The van der Waals surface area contributed by atoms with Gasteiger partial charge in [0.05, 0.1) is 4.90 Å². The Morgan fingerprint density at radius 2 is 1.94 bits per heavy atom. The van der Waals surface area contributed by atoms with E-state index in [1.165, 1.54) is 22.1 Å². The highest BCUT2D eigenvalue weighted by Gasteiger charge is 2.23. The van der Waals surface area contributed by atoms with Crippen LogP contribution in [0.1, 0.15) is 0 Å². The second-order valence-corrected chi connectivity index (χ2v) is 6.17. The average molecular weight is 289 g/mol. The van der Waals surface area contributed by atoms with Gasteiger partial charge >= 0.3 is 0 Å². The summed E-state index contributed by atoms with van der Waals surface area (Å²) in [6, 6.07) is 9.54. The van der Waals surface area contributed by atoms with Gasteiger partial charge in [0, 0.05) is 12.3 Å². The zero-order valence-corrected chi connectivity index (χ0v) is 11.3. The van der Waals surface area contributed by atoms with Crippen LogP contribution in [0, 0.1) is 0 Å². The molecule has 7 heteroatoms. The Hall–Kier alpha value is -0.980. The maximum atomic E-state index is 12.3. The van der Waals surface area contributed by atoms with Crippen LogP contribution >= 0.6 is 23.5 Å². The highest BCUT2D eigenvalue weighted by molar-refractivity contribution is 7.98. The molecule has 0 radical (unpaired) electrons. The van der Waals surface area contributed by atoms with Crippen LogP contribution in [0.4, 0.5) is 0 Å². The number of sulfone groups is 1. The number of hydrogen-bond acceptors (Lipinski definition) is 4. The minimum atomic E-state index is -3.57. The van der Waals surface area contributed by atoms with Crippen molar-refractivity contribution in [1.82, 2.24) is 9.19 Å². The monoisotopic (exact) mass is 288 g/mol. The Morgan fingerprint density at radius 3 is 2.53 bits per heavy atom. The summed E-state index contributed by atoms with van der Waals surface area (Å²) in [5.41, 5.74) is 0. The lowest BCUT2D eigenvalue weighted by Crippen LogP contribution is -2.06. The van der Waals surface area contributed by atoms with Crippen molar-refractivity contribution in [2.24, 2.45) is 0 Å². The first-order chi connectivity index (χ1) is 8.05. The van der Waals surface area contributed by atoms with E-state index in [4.69, 9.17) is 11.6 Å². The number of nitrogens with zero attached hydrogens (tertiary/aromatic N) is 2. The van der Waals surface area contributed by atoms with E-state index in [2.05, 4.69) is 5.10 Å². The minimum Gasteiger partial charge on any atom is -0.217 e. The fraction of sp³-hybridized carbons (Fsp3) is 0.100. The molecule has 0 aliphatic heterocycles. The van der Waals surface area contributed by atoms with Crippen LogP contribution < -0.4 is 0 Å². The predicted molar refractivity (Wildman–Crippen MR) is 68.0 cm³/mol. The van der Waals surface area contributed by atoms with Crippen LogP contribution in [0.25, 0.3) is 0 Å². The third-order valence-electron chi connectivity index (χ3n) is 2.12. The summed E-state index contributed by atoms with van der Waals surface area (Å²) in [5.74, 6) is 0. The van der Waals surface area contributed by atoms with Gasteiger partial charge in [0.25, 0.3) is 0 Å². The summed E-state index contributed by atoms with van der Waals surface area (Å²) in [5, 5.41) is 4.13. The molecule has 2 aromatic rings. The average Bonchev–Trinajstić information content (AvgIpc) is 2.72. The second-order valence-electron chi connectivity index (χ2n) is 3.18. The van der Waals surface area contributed by atoms with Gasteiger partial charge in [-0.3, -0.25) is 0 Å². The van der Waals surface area contributed by atoms with Crippen LogP contribution in [0.3, 0.4) is 0 Å². The van der Waals surface area contributed by atoms with E-state index in [1.54, 1.807) is 36.6 Å². The van der Waals surface area contributed by atoms with Gasteiger partial charge in [0.15, 0.2) is 10.2 Å². The molecule has 0 aliphatic carbocycles. The summed E-state index contributed by atoms with van der Waals surface area (Å²) in [6.45, 7) is 0. The number of aromatic nitrogens is 2. The summed E-state index contributed by atoms with van der Waals surface area (Å²) >= 11 is 6.91. The highest BCUT2D eigenvalue weighted by atomic mass is 35.5. The molecule has 0 saturated heterocycles. The predicted octanol–water partition coefficient (Wildman–Crippen LogP) is 2.50. The van der Waals surface area contributed by atoms with Gasteiger partial charge in [-0.15, -0.1) is 5.10 Å². The fourth-order valence-corrected chi connectivity index (χ4v) is 3.83. The maximum Gasteiger partial charge on any atom is 0.224 e. The molecule has 0 atom stereocenters. The summed E-state index contributed by atoms with van der Waals surface area (Å²) in [7, 11) is -3.57. The first kappa shape index (κ1) is 12.5. The van der Waals surface area contributed by atoms with Crippen molar-refractivity contribution >= 4 is 33.4 Å². The van der Waals surface area contributed by atoms with Crippen molar-refractivity contribution in [3.63, 3.8) is 0 Å². The summed E-state index contributed by atoms with van der Waals surface area (Å²) in [4.78, 5) is 0.229. The summed E-state index contributed by atoms with van der Waals surface area (Å²) in [6.07, 6.45) is 1.73. The Morgan fingerprint density at radius 1 is 1.29 bits per heavy atom. The van der Waals surface area contributed by atoms with Crippen molar-refractivity contribution < 1.29 is 8.42 Å². The molecule has 0 unspecified atom stereocenters. The smallest absolute Gasteiger partial charge is 0.217 e. The molecule has 1 heterocycles. The lowest BCUT2D eigenvalue weighted by molar-refractivity contribution is 0.590. The molecule has 4 nitrogen and oxygen atoms in total. The number of halogens is 1. The van der Waals surface area contributed by atoms with Gasteiger partial charge in [0.2, 0.25) is 9.84 Å². The summed E-state index contributed by atoms with van der Waals surface area (Å²) < 4.78 is 25.9. The minimum absolute atomic E-state index is 0.0844. The van der Waals surface area contributed by atoms with Crippen LogP contribution in [0.5, 0.6) is 0 Å². The van der Waals surface area contributed by atoms with E-state index in [9.17, 15) is 8.42 Å². The highest BCUT2D eigenvalue weighted by Crippen LogP contribution is 2.25. The first-order valence-corrected chi connectivity index (χ1v) is 7.70. The van der Waals surface area contributed by atoms with E-state index in [-0.39, 0.29) is 15.1 Å². The van der Waals surface area contributed by atoms with Gasteiger partial charge in [-0.05, 0) is 24.1 Å². The molecule has 0 amide bonds. The number of rotatable bonds is 3. The van der Waals surface area contributed by atoms with E-state index in [0.29, 0.717) is 0 Å². The third kappa shape index (κ3) is 2.34. The second kappa shape index (κ2) is 4.72. The molecule has 1 aromatic carbocycles. The fourth-order valence-electron chi connectivity index (χ4n) is 1.35. The van der Waals surface area contributed by atoms with Gasteiger partial charge in [-0.2, -0.15) is 4.09 Å². The molecule has 90 valence electrons. The van der Waals surface area contributed by atoms with E-state index in [0.717, 1.165) is 0 Å². The van der Waals surface area contributed by atoms with Crippen LogP contribution in [0.15, 0.2) is 46.3 Å². The van der Waals surface area contributed by atoms with Crippen molar-refractivity contribution in [2.45, 2.75) is 9.92 Å². The quantitative estimate of drug-likeness (QED) is 0.871. The zero-order valence-electron chi connectivity index (χ0n) is 8.87. The van der Waals surface area contributed by atoms with Crippen LogP contribution in [-0.4, -0.2) is 23.9 Å². The van der Waals surface area contributed by atoms with Gasteiger partial charge < -0.3 is 0 Å². The van der Waals surface area contributed by atoms with Gasteiger partial charge in [-0.25, -0.2) is 8.42 Å². The normalized spacial score (nSPS) is 11.6. The van der Waals surface area contributed by atoms with E-state index < -0.39 is 9.84 Å². The molecule has 0 saturated carbocycles. The molecular formula is C10H9ClN2O2S2. The molecule has 17 heavy (non-hydrogen) atoms. The molecule has 2 rings (SSSR count). The molecule has 0 aliphatic rings. The Kier molecular flexibility index (Phi) is 3.46. The van der Waals surface area contributed by atoms with Gasteiger partial charge in [-0.1, -0.05) is 29.8 Å². The standard InChI is InChI=1S/C10H9ClN2O2S2/c1-16-13-10(7-9(11)12-13)17(14,15)8-5-3-2-4-6-8/h2-7H,1H3. The van der Waals surface area contributed by atoms with Crippen molar-refractivity contribution in [3.05, 3.63) is 41.6 Å². The molecule has 0 fully saturated rings. The van der Waals surface area contributed by atoms with Crippen molar-refractivity contribution in [1.29, 1.82) is 0 Å². The van der Waals surface area contributed by atoms with Crippen molar-refractivity contribution in [2.75, 3.05) is 6.26 Å².